The molecule has 0 aliphatic carbocycles. The molecule has 0 saturated heterocycles. The van der Waals surface area contributed by atoms with Crippen molar-refractivity contribution in [3.8, 4) is 11.5 Å². The molecule has 0 radical (unpaired) electrons. The SMILES string of the molecule is CC(C)c1ncc(Oc2ccc(F)c(F)c2)c(CN)n1. The van der Waals surface area contributed by atoms with E-state index in [1.54, 1.807) is 0 Å². The summed E-state index contributed by atoms with van der Waals surface area (Å²) in [5.41, 5.74) is 6.14. The lowest BCUT2D eigenvalue weighted by molar-refractivity contribution is 0.451. The van der Waals surface area contributed by atoms with Crippen molar-refractivity contribution in [3.63, 3.8) is 0 Å². The van der Waals surface area contributed by atoms with Gasteiger partial charge in [0.25, 0.3) is 0 Å². The number of nitrogens with zero attached hydrogens (tertiary/aromatic N) is 2. The average molecular weight is 279 g/mol. The molecule has 106 valence electrons. The molecule has 0 spiro atoms. The fourth-order valence-corrected chi connectivity index (χ4v) is 1.60. The fraction of sp³-hybridized carbons (Fsp3) is 0.286. The van der Waals surface area contributed by atoms with Crippen molar-refractivity contribution in [2.75, 3.05) is 0 Å². The maximum atomic E-state index is 13.1. The van der Waals surface area contributed by atoms with Crippen molar-refractivity contribution in [3.05, 3.63) is 47.5 Å². The lowest BCUT2D eigenvalue weighted by atomic mass is 10.2. The van der Waals surface area contributed by atoms with Gasteiger partial charge in [-0.25, -0.2) is 18.7 Å². The molecule has 0 atom stereocenters. The summed E-state index contributed by atoms with van der Waals surface area (Å²) in [5, 5.41) is 0. The Morgan fingerprint density at radius 1 is 1.25 bits per heavy atom. The van der Waals surface area contributed by atoms with Crippen LogP contribution in [0.1, 0.15) is 31.3 Å². The van der Waals surface area contributed by atoms with Crippen molar-refractivity contribution < 1.29 is 13.5 Å². The van der Waals surface area contributed by atoms with E-state index in [0.717, 1.165) is 12.1 Å². The van der Waals surface area contributed by atoms with Crippen LogP contribution in [0.25, 0.3) is 0 Å². The number of hydrogen-bond acceptors (Lipinski definition) is 4. The minimum Gasteiger partial charge on any atom is -0.454 e. The smallest absolute Gasteiger partial charge is 0.168 e. The summed E-state index contributed by atoms with van der Waals surface area (Å²) in [6, 6.07) is 3.29. The molecule has 0 saturated carbocycles. The Hall–Kier alpha value is -2.08. The first kappa shape index (κ1) is 14.3. The van der Waals surface area contributed by atoms with Crippen LogP contribution in [0.4, 0.5) is 8.78 Å². The highest BCUT2D eigenvalue weighted by atomic mass is 19.2. The summed E-state index contributed by atoms with van der Waals surface area (Å²) in [5.74, 6) is -0.581. The number of benzene rings is 1. The van der Waals surface area contributed by atoms with E-state index in [4.69, 9.17) is 10.5 Å². The standard InChI is InChI=1S/C14H15F2N3O/c1-8(2)14-18-7-13(12(6-17)19-14)20-9-3-4-10(15)11(16)5-9/h3-5,7-8H,6,17H2,1-2H3. The number of nitrogens with two attached hydrogens (primary N) is 1. The van der Waals surface area contributed by atoms with Gasteiger partial charge < -0.3 is 10.5 Å². The van der Waals surface area contributed by atoms with Crippen molar-refractivity contribution in [2.45, 2.75) is 26.3 Å². The van der Waals surface area contributed by atoms with Gasteiger partial charge in [0.15, 0.2) is 17.4 Å². The van der Waals surface area contributed by atoms with Crippen molar-refractivity contribution >= 4 is 0 Å². The summed E-state index contributed by atoms with van der Waals surface area (Å²) in [6.07, 6.45) is 1.49. The zero-order valence-corrected chi connectivity index (χ0v) is 11.2. The summed E-state index contributed by atoms with van der Waals surface area (Å²) >= 11 is 0. The molecule has 20 heavy (non-hydrogen) atoms. The molecule has 0 aliphatic rings. The van der Waals surface area contributed by atoms with Crippen LogP contribution in [0.5, 0.6) is 11.5 Å². The summed E-state index contributed by atoms with van der Waals surface area (Å²) in [6.45, 7) is 4.10. The van der Waals surface area contributed by atoms with E-state index in [2.05, 4.69) is 9.97 Å². The van der Waals surface area contributed by atoms with Crippen molar-refractivity contribution in [1.29, 1.82) is 0 Å². The molecular formula is C14H15F2N3O. The molecular weight excluding hydrogens is 264 g/mol. The molecule has 2 aromatic rings. The average Bonchev–Trinajstić information content (AvgIpc) is 2.43. The third-order valence-corrected chi connectivity index (χ3v) is 2.68. The van der Waals surface area contributed by atoms with E-state index in [0.29, 0.717) is 17.3 Å². The predicted molar refractivity (Wildman–Crippen MR) is 70.4 cm³/mol. The van der Waals surface area contributed by atoms with E-state index in [1.165, 1.54) is 12.3 Å². The van der Waals surface area contributed by atoms with Crippen LogP contribution in [0.15, 0.2) is 24.4 Å². The fourth-order valence-electron chi connectivity index (χ4n) is 1.60. The topological polar surface area (TPSA) is 61.0 Å². The Morgan fingerprint density at radius 2 is 2.00 bits per heavy atom. The van der Waals surface area contributed by atoms with Crippen LogP contribution in [-0.4, -0.2) is 9.97 Å². The third kappa shape index (κ3) is 3.08. The van der Waals surface area contributed by atoms with E-state index >= 15 is 0 Å². The Balaban J connectivity index is 2.30. The summed E-state index contributed by atoms with van der Waals surface area (Å²) < 4.78 is 31.4. The first-order valence-electron chi connectivity index (χ1n) is 6.20. The Kier molecular flexibility index (Phi) is 4.24. The quantitative estimate of drug-likeness (QED) is 0.934. The number of rotatable bonds is 4. The van der Waals surface area contributed by atoms with Crippen LogP contribution < -0.4 is 10.5 Å². The minimum atomic E-state index is -0.975. The molecule has 2 rings (SSSR count). The lowest BCUT2D eigenvalue weighted by Gasteiger charge is -2.11. The number of halogens is 2. The van der Waals surface area contributed by atoms with Gasteiger partial charge in [-0.1, -0.05) is 13.8 Å². The van der Waals surface area contributed by atoms with Gasteiger partial charge in [-0.15, -0.1) is 0 Å². The maximum Gasteiger partial charge on any atom is 0.168 e. The van der Waals surface area contributed by atoms with Crippen molar-refractivity contribution in [1.82, 2.24) is 9.97 Å². The molecule has 0 amide bonds. The second-order valence-electron chi connectivity index (χ2n) is 4.58. The molecule has 0 bridgehead atoms. The van der Waals surface area contributed by atoms with Gasteiger partial charge >= 0.3 is 0 Å². The predicted octanol–water partition coefficient (Wildman–Crippen LogP) is 3.13. The van der Waals surface area contributed by atoms with Crippen LogP contribution in [0.2, 0.25) is 0 Å². The van der Waals surface area contributed by atoms with Gasteiger partial charge in [0.05, 0.1) is 6.20 Å². The maximum absolute atomic E-state index is 13.1. The van der Waals surface area contributed by atoms with E-state index < -0.39 is 11.6 Å². The molecule has 0 fully saturated rings. The van der Waals surface area contributed by atoms with Crippen LogP contribution in [-0.2, 0) is 6.54 Å². The minimum absolute atomic E-state index is 0.164. The molecule has 2 N–H and O–H groups in total. The summed E-state index contributed by atoms with van der Waals surface area (Å²) in [4.78, 5) is 8.46. The first-order valence-corrected chi connectivity index (χ1v) is 6.20. The van der Waals surface area contributed by atoms with Crippen LogP contribution in [0, 0.1) is 11.6 Å². The highest BCUT2D eigenvalue weighted by molar-refractivity contribution is 5.33. The zero-order valence-electron chi connectivity index (χ0n) is 11.2. The summed E-state index contributed by atoms with van der Waals surface area (Å²) in [7, 11) is 0. The molecule has 4 nitrogen and oxygen atoms in total. The molecule has 1 aromatic carbocycles. The second kappa shape index (κ2) is 5.92. The highest BCUT2D eigenvalue weighted by Gasteiger charge is 2.11. The van der Waals surface area contributed by atoms with Gasteiger partial charge in [0, 0.05) is 18.5 Å². The Labute approximate surface area is 115 Å². The molecule has 0 unspecified atom stereocenters. The lowest BCUT2D eigenvalue weighted by Crippen LogP contribution is -2.07. The van der Waals surface area contributed by atoms with Crippen LogP contribution in [0.3, 0.4) is 0 Å². The van der Waals surface area contributed by atoms with E-state index in [1.807, 2.05) is 13.8 Å². The third-order valence-electron chi connectivity index (χ3n) is 2.68. The van der Waals surface area contributed by atoms with Gasteiger partial charge in [-0.3, -0.25) is 0 Å². The van der Waals surface area contributed by atoms with Crippen LogP contribution >= 0.6 is 0 Å². The molecule has 0 aliphatic heterocycles. The molecule has 6 heteroatoms. The second-order valence-corrected chi connectivity index (χ2v) is 4.58. The molecule has 1 heterocycles. The first-order chi connectivity index (χ1) is 9.51. The number of aromatic nitrogens is 2. The Morgan fingerprint density at radius 3 is 2.60 bits per heavy atom. The number of hydrogen-bond donors (Lipinski definition) is 1. The van der Waals surface area contributed by atoms with Crippen molar-refractivity contribution in [2.24, 2.45) is 5.73 Å². The van der Waals surface area contributed by atoms with Gasteiger partial charge in [0.1, 0.15) is 17.3 Å². The van der Waals surface area contributed by atoms with Gasteiger partial charge in [0.2, 0.25) is 0 Å². The zero-order chi connectivity index (χ0) is 14.7. The number of ether oxygens (including phenoxy) is 1. The Bertz CT molecular complexity index is 617. The van der Waals surface area contributed by atoms with Gasteiger partial charge in [-0.2, -0.15) is 0 Å². The largest absolute Gasteiger partial charge is 0.454 e. The van der Waals surface area contributed by atoms with E-state index in [9.17, 15) is 8.78 Å². The molecule has 1 aromatic heterocycles. The van der Waals surface area contributed by atoms with Gasteiger partial charge in [-0.05, 0) is 12.1 Å². The highest BCUT2D eigenvalue weighted by Crippen LogP contribution is 2.25. The monoisotopic (exact) mass is 279 g/mol. The normalized spacial score (nSPS) is 10.9. The van der Waals surface area contributed by atoms with E-state index in [-0.39, 0.29) is 18.2 Å².